The van der Waals surface area contributed by atoms with Gasteiger partial charge >= 0.3 is 0 Å². The van der Waals surface area contributed by atoms with E-state index in [1.807, 2.05) is 58.0 Å². The van der Waals surface area contributed by atoms with E-state index >= 15 is 0 Å². The number of rotatable bonds is 9. The minimum atomic E-state index is -0.195. The maximum absolute atomic E-state index is 13.1. The molecule has 0 aliphatic heterocycles. The first-order valence-corrected chi connectivity index (χ1v) is 12.1. The molecule has 8 nitrogen and oxygen atoms in total. The van der Waals surface area contributed by atoms with Gasteiger partial charge in [-0.1, -0.05) is 30.0 Å². The highest BCUT2D eigenvalue weighted by molar-refractivity contribution is 7.98. The van der Waals surface area contributed by atoms with Crippen molar-refractivity contribution in [3.63, 3.8) is 0 Å². The summed E-state index contributed by atoms with van der Waals surface area (Å²) in [6, 6.07) is 14.9. The Labute approximate surface area is 202 Å². The number of amides is 1. The first-order chi connectivity index (χ1) is 16.5. The normalized spacial score (nSPS) is 10.9. The zero-order chi connectivity index (χ0) is 24.1. The van der Waals surface area contributed by atoms with Gasteiger partial charge in [0, 0.05) is 34.5 Å². The molecule has 0 fully saturated rings. The fraction of sp³-hybridized carbons (Fsp3) is 0.280. The Hall–Kier alpha value is -3.59. The van der Waals surface area contributed by atoms with Crippen molar-refractivity contribution in [3.8, 4) is 11.5 Å². The van der Waals surface area contributed by atoms with Crippen LogP contribution in [0.15, 0.2) is 53.7 Å². The number of carbonyl (C=O) groups excluding carboxylic acids is 1. The molecule has 0 saturated carbocycles. The standard InChI is InChI=1S/C25H27N5O3S/c1-5-32-21-12-11-19(14-22(21)33-6-2)27-23(31)20-10-8-7-9-18(20)15-34-25-28-24-26-16(3)13-17(4)30(24)29-25/h7-14H,5-6,15H2,1-4H3,(H,27,31). The Morgan fingerprint density at radius 1 is 1.00 bits per heavy atom. The third-order valence-corrected chi connectivity index (χ3v) is 5.91. The van der Waals surface area contributed by atoms with Crippen molar-refractivity contribution in [2.24, 2.45) is 0 Å². The summed E-state index contributed by atoms with van der Waals surface area (Å²) in [6.07, 6.45) is 0. The number of aromatic nitrogens is 4. The molecular formula is C25H27N5O3S. The molecule has 34 heavy (non-hydrogen) atoms. The number of hydrogen-bond acceptors (Lipinski definition) is 7. The van der Waals surface area contributed by atoms with E-state index in [0.29, 0.717) is 52.7 Å². The summed E-state index contributed by atoms with van der Waals surface area (Å²) in [5.41, 5.74) is 4.00. The first kappa shape index (κ1) is 23.6. The van der Waals surface area contributed by atoms with Gasteiger partial charge in [0.1, 0.15) is 0 Å². The van der Waals surface area contributed by atoms with Crippen molar-refractivity contribution in [2.75, 3.05) is 18.5 Å². The molecular weight excluding hydrogens is 450 g/mol. The molecule has 0 atom stereocenters. The minimum absolute atomic E-state index is 0.195. The number of carbonyl (C=O) groups is 1. The van der Waals surface area contributed by atoms with Gasteiger partial charge < -0.3 is 14.8 Å². The van der Waals surface area contributed by atoms with Crippen LogP contribution in [0.25, 0.3) is 5.78 Å². The molecule has 4 rings (SSSR count). The third-order valence-electron chi connectivity index (χ3n) is 5.02. The summed E-state index contributed by atoms with van der Waals surface area (Å²) < 4.78 is 13.0. The molecule has 0 unspecified atom stereocenters. The maximum Gasteiger partial charge on any atom is 0.255 e. The zero-order valence-electron chi connectivity index (χ0n) is 19.7. The highest BCUT2D eigenvalue weighted by Gasteiger charge is 2.15. The summed E-state index contributed by atoms with van der Waals surface area (Å²) in [7, 11) is 0. The number of hydrogen-bond donors (Lipinski definition) is 1. The van der Waals surface area contributed by atoms with Crippen molar-refractivity contribution in [3.05, 3.63) is 71.0 Å². The molecule has 0 aliphatic rings. The van der Waals surface area contributed by atoms with Crippen LogP contribution in [-0.4, -0.2) is 38.7 Å². The van der Waals surface area contributed by atoms with Crippen LogP contribution in [0.1, 0.15) is 41.2 Å². The van der Waals surface area contributed by atoms with Gasteiger partial charge in [-0.25, -0.2) is 9.50 Å². The molecule has 176 valence electrons. The second kappa shape index (κ2) is 10.6. The van der Waals surface area contributed by atoms with Gasteiger partial charge in [-0.2, -0.15) is 4.98 Å². The number of thioether (sulfide) groups is 1. The summed E-state index contributed by atoms with van der Waals surface area (Å²) in [5, 5.41) is 8.13. The summed E-state index contributed by atoms with van der Waals surface area (Å²) in [6.45, 7) is 8.77. The van der Waals surface area contributed by atoms with Crippen molar-refractivity contribution in [1.29, 1.82) is 0 Å². The van der Waals surface area contributed by atoms with Gasteiger partial charge in [0.05, 0.1) is 13.2 Å². The number of benzene rings is 2. The largest absolute Gasteiger partial charge is 0.490 e. The molecule has 1 amide bonds. The average molecular weight is 478 g/mol. The van der Waals surface area contributed by atoms with Crippen LogP contribution in [0.4, 0.5) is 5.69 Å². The second-order valence-corrected chi connectivity index (χ2v) is 8.52. The van der Waals surface area contributed by atoms with Crippen LogP contribution in [0.2, 0.25) is 0 Å². The fourth-order valence-electron chi connectivity index (χ4n) is 3.55. The number of ether oxygens (including phenoxy) is 2. The fourth-order valence-corrected chi connectivity index (χ4v) is 4.37. The number of anilines is 1. The van der Waals surface area contributed by atoms with Gasteiger partial charge in [0.25, 0.3) is 11.7 Å². The molecule has 2 aromatic carbocycles. The SMILES string of the molecule is CCOc1ccc(NC(=O)c2ccccc2CSc2nc3nc(C)cc(C)n3n2)cc1OCC. The number of aryl methyl sites for hydroxylation is 2. The summed E-state index contributed by atoms with van der Waals surface area (Å²) >= 11 is 1.47. The average Bonchev–Trinajstić information content (AvgIpc) is 3.23. The predicted octanol–water partition coefficient (Wildman–Crippen LogP) is 5.08. The van der Waals surface area contributed by atoms with E-state index < -0.39 is 0 Å². The number of fused-ring (bicyclic) bond motifs is 1. The Bertz CT molecular complexity index is 1320. The molecule has 0 spiro atoms. The van der Waals surface area contributed by atoms with Gasteiger partial charge in [-0.15, -0.1) is 5.10 Å². The second-order valence-electron chi connectivity index (χ2n) is 7.57. The Morgan fingerprint density at radius 3 is 2.56 bits per heavy atom. The highest BCUT2D eigenvalue weighted by atomic mass is 32.2. The van der Waals surface area contributed by atoms with E-state index in [9.17, 15) is 4.79 Å². The number of nitrogens with zero attached hydrogens (tertiary/aromatic N) is 4. The molecule has 2 aromatic heterocycles. The van der Waals surface area contributed by atoms with Gasteiger partial charge in [-0.05, 0) is 57.5 Å². The lowest BCUT2D eigenvalue weighted by Crippen LogP contribution is -2.14. The van der Waals surface area contributed by atoms with Crippen LogP contribution >= 0.6 is 11.8 Å². The van der Waals surface area contributed by atoms with Crippen molar-refractivity contribution in [2.45, 2.75) is 38.6 Å². The van der Waals surface area contributed by atoms with E-state index in [1.54, 1.807) is 22.7 Å². The highest BCUT2D eigenvalue weighted by Crippen LogP contribution is 2.31. The Morgan fingerprint density at radius 2 is 1.76 bits per heavy atom. The quantitative estimate of drug-likeness (QED) is 0.336. The number of nitrogens with one attached hydrogen (secondary N) is 1. The van der Waals surface area contributed by atoms with E-state index in [4.69, 9.17) is 9.47 Å². The van der Waals surface area contributed by atoms with E-state index in [-0.39, 0.29) is 5.91 Å². The van der Waals surface area contributed by atoms with Crippen LogP contribution in [0.5, 0.6) is 11.5 Å². The Kier molecular flexibility index (Phi) is 7.32. The molecule has 0 radical (unpaired) electrons. The molecule has 4 aromatic rings. The minimum Gasteiger partial charge on any atom is -0.490 e. The maximum atomic E-state index is 13.1. The van der Waals surface area contributed by atoms with Crippen LogP contribution < -0.4 is 14.8 Å². The van der Waals surface area contributed by atoms with Crippen LogP contribution in [-0.2, 0) is 5.75 Å². The Balaban J connectivity index is 1.50. The van der Waals surface area contributed by atoms with Crippen LogP contribution in [0.3, 0.4) is 0 Å². The van der Waals surface area contributed by atoms with Crippen molar-refractivity contribution in [1.82, 2.24) is 19.6 Å². The lowest BCUT2D eigenvalue weighted by Gasteiger charge is -2.14. The van der Waals surface area contributed by atoms with Gasteiger partial charge in [-0.3, -0.25) is 4.79 Å². The molecule has 2 heterocycles. The van der Waals surface area contributed by atoms with Crippen molar-refractivity contribution >= 4 is 29.1 Å². The first-order valence-electron chi connectivity index (χ1n) is 11.1. The molecule has 1 N–H and O–H groups in total. The smallest absolute Gasteiger partial charge is 0.255 e. The molecule has 9 heteroatoms. The molecule has 0 bridgehead atoms. The predicted molar refractivity (Wildman–Crippen MR) is 133 cm³/mol. The van der Waals surface area contributed by atoms with E-state index in [0.717, 1.165) is 17.0 Å². The van der Waals surface area contributed by atoms with Gasteiger partial charge in [0.15, 0.2) is 11.5 Å². The lowest BCUT2D eigenvalue weighted by molar-refractivity contribution is 0.102. The summed E-state index contributed by atoms with van der Waals surface area (Å²) in [4.78, 5) is 22.1. The molecule has 0 saturated heterocycles. The topological polar surface area (TPSA) is 90.6 Å². The van der Waals surface area contributed by atoms with Crippen LogP contribution in [0, 0.1) is 13.8 Å². The molecule has 0 aliphatic carbocycles. The van der Waals surface area contributed by atoms with E-state index in [2.05, 4.69) is 20.4 Å². The lowest BCUT2D eigenvalue weighted by atomic mass is 10.1. The summed E-state index contributed by atoms with van der Waals surface area (Å²) in [5.74, 6) is 2.18. The monoisotopic (exact) mass is 477 g/mol. The third kappa shape index (κ3) is 5.31. The zero-order valence-corrected chi connectivity index (χ0v) is 20.5. The van der Waals surface area contributed by atoms with Crippen molar-refractivity contribution < 1.29 is 14.3 Å². The van der Waals surface area contributed by atoms with E-state index in [1.165, 1.54) is 11.8 Å². The van der Waals surface area contributed by atoms with Gasteiger partial charge in [0.2, 0.25) is 5.16 Å².